The smallest absolute Gasteiger partial charge is 0.271 e. The molecule has 2 atom stereocenters. The lowest BCUT2D eigenvalue weighted by atomic mass is 9.92. The number of fused-ring (bicyclic) bond motifs is 1. The van der Waals surface area contributed by atoms with Gasteiger partial charge in [0.2, 0.25) is 0 Å². The van der Waals surface area contributed by atoms with Gasteiger partial charge < -0.3 is 9.47 Å². The maximum absolute atomic E-state index is 13.8. The zero-order valence-electron chi connectivity index (χ0n) is 22.8. The molecule has 8 nitrogen and oxygen atoms in total. The number of nitriles is 1. The molecule has 0 bridgehead atoms. The summed E-state index contributed by atoms with van der Waals surface area (Å²) in [6.45, 7) is 6.47. The fourth-order valence-corrected chi connectivity index (χ4v) is 5.73. The van der Waals surface area contributed by atoms with Crippen molar-refractivity contribution in [2.75, 3.05) is 13.2 Å². The number of nitrogens with zero attached hydrogens (tertiary/aromatic N) is 4. The number of imide groups is 1. The first-order valence-corrected chi connectivity index (χ1v) is 13.6. The van der Waals surface area contributed by atoms with E-state index in [-0.39, 0.29) is 24.3 Å². The highest BCUT2D eigenvalue weighted by molar-refractivity contribution is 6.19. The van der Waals surface area contributed by atoms with Crippen LogP contribution in [0.15, 0.2) is 65.4 Å². The number of carbonyl (C=O) groups is 2. The van der Waals surface area contributed by atoms with Crippen molar-refractivity contribution in [3.63, 3.8) is 0 Å². The number of carbonyl (C=O) groups excluding carboxylic acids is 2. The van der Waals surface area contributed by atoms with Crippen molar-refractivity contribution in [2.45, 2.75) is 52.2 Å². The van der Waals surface area contributed by atoms with Crippen LogP contribution in [-0.2, 0) is 20.7 Å². The van der Waals surface area contributed by atoms with Crippen molar-refractivity contribution in [1.29, 1.82) is 5.26 Å². The second-order valence-electron chi connectivity index (χ2n) is 10.7. The van der Waals surface area contributed by atoms with Crippen molar-refractivity contribution < 1.29 is 19.1 Å². The van der Waals surface area contributed by atoms with Crippen LogP contribution in [0.5, 0.6) is 5.75 Å². The van der Waals surface area contributed by atoms with Gasteiger partial charge in [-0.3, -0.25) is 14.5 Å². The summed E-state index contributed by atoms with van der Waals surface area (Å²) in [5.41, 5.74) is 5.98. The van der Waals surface area contributed by atoms with Crippen LogP contribution in [0, 0.1) is 18.3 Å². The van der Waals surface area contributed by atoms with Gasteiger partial charge in [-0.25, -0.2) is 4.68 Å². The van der Waals surface area contributed by atoms with Crippen molar-refractivity contribution in [3.05, 3.63) is 82.1 Å². The Morgan fingerprint density at radius 3 is 2.67 bits per heavy atom. The van der Waals surface area contributed by atoms with Gasteiger partial charge in [-0.15, -0.1) is 0 Å². The maximum Gasteiger partial charge on any atom is 0.271 e. The number of amides is 2. The predicted molar refractivity (Wildman–Crippen MR) is 150 cm³/mol. The van der Waals surface area contributed by atoms with Crippen LogP contribution in [0.1, 0.15) is 43.4 Å². The summed E-state index contributed by atoms with van der Waals surface area (Å²) in [5.74, 6) is -0.0779. The van der Waals surface area contributed by atoms with Gasteiger partial charge in [0.15, 0.2) is 0 Å². The van der Waals surface area contributed by atoms with Crippen LogP contribution in [0.4, 0.5) is 0 Å². The number of hydrogen-bond donors (Lipinski definition) is 0. The minimum absolute atomic E-state index is 0.0274. The van der Waals surface area contributed by atoms with Crippen molar-refractivity contribution in [3.8, 4) is 28.8 Å². The van der Waals surface area contributed by atoms with Crippen LogP contribution in [-0.4, -0.2) is 51.9 Å². The van der Waals surface area contributed by atoms with Gasteiger partial charge in [-0.05, 0) is 80.7 Å². The number of aryl methyl sites for hydroxylation is 1. The van der Waals surface area contributed by atoms with E-state index < -0.39 is 11.8 Å². The fraction of sp³-hybridized carbons (Fsp3) is 0.312. The molecule has 6 rings (SSSR count). The molecule has 4 heterocycles. The van der Waals surface area contributed by atoms with Gasteiger partial charge in [0.25, 0.3) is 11.8 Å². The van der Waals surface area contributed by atoms with Gasteiger partial charge in [0, 0.05) is 35.9 Å². The molecule has 2 aromatic carbocycles. The molecule has 0 spiro atoms. The van der Waals surface area contributed by atoms with Gasteiger partial charge in [0.05, 0.1) is 24.0 Å². The molecule has 40 heavy (non-hydrogen) atoms. The summed E-state index contributed by atoms with van der Waals surface area (Å²) >= 11 is 0. The zero-order valence-corrected chi connectivity index (χ0v) is 22.8. The Morgan fingerprint density at radius 1 is 1.15 bits per heavy atom. The van der Waals surface area contributed by atoms with Crippen LogP contribution < -0.4 is 4.74 Å². The molecular weight excluding hydrogens is 504 g/mol. The summed E-state index contributed by atoms with van der Waals surface area (Å²) in [7, 11) is 0. The van der Waals surface area contributed by atoms with E-state index in [1.54, 1.807) is 17.7 Å². The molecule has 1 fully saturated rings. The molecule has 0 saturated carbocycles. The van der Waals surface area contributed by atoms with Crippen LogP contribution in [0.2, 0.25) is 0 Å². The van der Waals surface area contributed by atoms with Gasteiger partial charge in [-0.1, -0.05) is 18.2 Å². The summed E-state index contributed by atoms with van der Waals surface area (Å²) in [6, 6.07) is 15.9. The number of para-hydroxylation sites is 1. The maximum atomic E-state index is 13.8. The summed E-state index contributed by atoms with van der Waals surface area (Å²) < 4.78 is 13.5. The fourth-order valence-electron chi connectivity index (χ4n) is 5.73. The first-order valence-electron chi connectivity index (χ1n) is 13.6. The Labute approximate surface area is 233 Å². The highest BCUT2D eigenvalue weighted by atomic mass is 16.5. The first-order chi connectivity index (χ1) is 19.3. The lowest BCUT2D eigenvalue weighted by Crippen LogP contribution is -2.46. The van der Waals surface area contributed by atoms with Crippen molar-refractivity contribution in [1.82, 2.24) is 14.7 Å². The van der Waals surface area contributed by atoms with Crippen LogP contribution in [0.25, 0.3) is 23.0 Å². The third kappa shape index (κ3) is 4.52. The zero-order chi connectivity index (χ0) is 28.0. The Balaban J connectivity index is 1.49. The molecule has 2 unspecified atom stereocenters. The molecule has 3 aliphatic rings. The highest BCUT2D eigenvalue weighted by Crippen LogP contribution is 2.38. The predicted octanol–water partition coefficient (Wildman–Crippen LogP) is 4.94. The largest absolute Gasteiger partial charge is 0.490 e. The number of benzene rings is 2. The minimum Gasteiger partial charge on any atom is -0.490 e. The SMILES string of the molecule is CC1=C(C#N)C(=O)N(CC2CCCO2)C(=O)/C1=C/c1cn(-c2ccccc2)nc1-c1cc(C)c2c(c1)CC(C)O2. The molecule has 8 heteroatoms. The monoisotopic (exact) mass is 534 g/mol. The molecule has 0 N–H and O–H groups in total. The number of ether oxygens (including phenoxy) is 2. The third-order valence-corrected chi connectivity index (χ3v) is 7.75. The molecule has 3 aromatic rings. The standard InChI is InChI=1S/C32H30N4O4/c1-19-12-22(14-23-13-20(2)40-30(19)23)29-24(17-36(34-29)25-8-5-4-6-9-25)15-27-21(3)28(16-33)32(38)35(31(27)37)18-26-10-7-11-39-26/h4-6,8-9,12,14-15,17,20,26H,7,10-11,13,18H2,1-3H3/b27-15+. The molecular formula is C32H30N4O4. The molecule has 0 radical (unpaired) electrons. The van der Waals surface area contributed by atoms with Gasteiger partial charge >= 0.3 is 0 Å². The van der Waals surface area contributed by atoms with E-state index in [2.05, 4.69) is 19.1 Å². The third-order valence-electron chi connectivity index (χ3n) is 7.75. The lowest BCUT2D eigenvalue weighted by Gasteiger charge is -2.29. The van der Waals surface area contributed by atoms with Crippen molar-refractivity contribution >= 4 is 17.9 Å². The van der Waals surface area contributed by atoms with E-state index in [4.69, 9.17) is 14.6 Å². The van der Waals surface area contributed by atoms with E-state index in [0.717, 1.165) is 52.3 Å². The van der Waals surface area contributed by atoms with Crippen LogP contribution >= 0.6 is 0 Å². The van der Waals surface area contributed by atoms with E-state index in [9.17, 15) is 14.9 Å². The second-order valence-corrected chi connectivity index (χ2v) is 10.7. The number of hydrogen-bond acceptors (Lipinski definition) is 6. The lowest BCUT2D eigenvalue weighted by molar-refractivity contribution is -0.142. The molecule has 0 aliphatic carbocycles. The summed E-state index contributed by atoms with van der Waals surface area (Å²) in [6.07, 6.45) is 6.00. The van der Waals surface area contributed by atoms with Gasteiger partial charge in [-0.2, -0.15) is 10.4 Å². The number of rotatable bonds is 5. The normalized spacial score (nSPS) is 21.6. The minimum atomic E-state index is -0.568. The van der Waals surface area contributed by atoms with Gasteiger partial charge in [0.1, 0.15) is 23.5 Å². The average molecular weight is 535 g/mol. The molecule has 1 saturated heterocycles. The first kappa shape index (κ1) is 25.8. The van der Waals surface area contributed by atoms with E-state index >= 15 is 0 Å². The summed E-state index contributed by atoms with van der Waals surface area (Å²) in [5, 5.41) is 14.8. The Kier molecular flexibility index (Phi) is 6.60. The molecule has 2 amide bonds. The summed E-state index contributed by atoms with van der Waals surface area (Å²) in [4.78, 5) is 28.0. The molecule has 3 aliphatic heterocycles. The van der Waals surface area contributed by atoms with Crippen molar-refractivity contribution in [2.24, 2.45) is 0 Å². The van der Waals surface area contributed by atoms with E-state index in [0.29, 0.717) is 29.0 Å². The highest BCUT2D eigenvalue weighted by Gasteiger charge is 2.37. The van der Waals surface area contributed by atoms with E-state index in [1.165, 1.54) is 0 Å². The van der Waals surface area contributed by atoms with Crippen LogP contribution in [0.3, 0.4) is 0 Å². The number of aromatic nitrogens is 2. The Bertz CT molecular complexity index is 1620. The Morgan fingerprint density at radius 2 is 1.95 bits per heavy atom. The molecule has 1 aromatic heterocycles. The van der Waals surface area contributed by atoms with E-state index in [1.807, 2.05) is 49.5 Å². The topological polar surface area (TPSA) is 97.5 Å². The Hall–Kier alpha value is -4.48. The second kappa shape index (κ2) is 10.2. The average Bonchev–Trinajstić information content (AvgIpc) is 3.70. The molecule has 202 valence electrons. The quantitative estimate of drug-likeness (QED) is 0.340.